The Morgan fingerprint density at radius 3 is 2.20 bits per heavy atom. The van der Waals surface area contributed by atoms with Crippen LogP contribution in [0.4, 0.5) is 0 Å². The fraction of sp³-hybridized carbons (Fsp3) is 1.00. The number of nitrogens with zero attached hydrogens (tertiary/aromatic N) is 1. The summed E-state index contributed by atoms with van der Waals surface area (Å²) in [4.78, 5) is 2.51. The van der Waals surface area contributed by atoms with Crippen molar-refractivity contribution >= 4 is 0 Å². The summed E-state index contributed by atoms with van der Waals surface area (Å²) in [6, 6.07) is 0.809. The summed E-state index contributed by atoms with van der Waals surface area (Å²) < 4.78 is 0. The quantitative estimate of drug-likeness (QED) is 0.776. The zero-order valence-electron chi connectivity index (χ0n) is 10.9. The van der Waals surface area contributed by atoms with E-state index >= 15 is 0 Å². The minimum Gasteiger partial charge on any atom is -0.326 e. The van der Waals surface area contributed by atoms with Crippen molar-refractivity contribution in [3.05, 3.63) is 0 Å². The molecule has 90 valence electrons. The summed E-state index contributed by atoms with van der Waals surface area (Å²) in [6.07, 6.45) is 6.66. The Labute approximate surface area is 95.2 Å². The standard InChI is InChI=1S/C13H28N2/c1-11-5-7-12(8-6-11)15(4)10-9-13(2,3)14/h11-12H,5-10,14H2,1-4H3. The molecule has 2 heteroatoms. The van der Waals surface area contributed by atoms with E-state index in [1.807, 2.05) is 0 Å². The molecule has 0 aromatic carbocycles. The number of nitrogens with two attached hydrogens (primary N) is 1. The van der Waals surface area contributed by atoms with Gasteiger partial charge in [-0.3, -0.25) is 0 Å². The van der Waals surface area contributed by atoms with Crippen LogP contribution in [0.1, 0.15) is 52.9 Å². The molecule has 0 aliphatic heterocycles. The van der Waals surface area contributed by atoms with Gasteiger partial charge in [0.25, 0.3) is 0 Å². The molecule has 0 unspecified atom stereocenters. The highest BCUT2D eigenvalue weighted by Gasteiger charge is 2.22. The van der Waals surface area contributed by atoms with Gasteiger partial charge in [-0.1, -0.05) is 6.92 Å². The smallest absolute Gasteiger partial charge is 0.0109 e. The van der Waals surface area contributed by atoms with Crippen molar-refractivity contribution in [3.8, 4) is 0 Å². The van der Waals surface area contributed by atoms with E-state index in [9.17, 15) is 0 Å². The van der Waals surface area contributed by atoms with E-state index in [0.717, 1.165) is 24.9 Å². The zero-order valence-corrected chi connectivity index (χ0v) is 10.9. The normalized spacial score (nSPS) is 28.4. The van der Waals surface area contributed by atoms with Crippen LogP contribution in [0, 0.1) is 5.92 Å². The van der Waals surface area contributed by atoms with Crippen LogP contribution in [-0.4, -0.2) is 30.1 Å². The highest BCUT2D eigenvalue weighted by molar-refractivity contribution is 4.79. The van der Waals surface area contributed by atoms with Gasteiger partial charge in [0.05, 0.1) is 0 Å². The minimum absolute atomic E-state index is 0.0176. The van der Waals surface area contributed by atoms with Gasteiger partial charge in [-0.05, 0) is 65.5 Å². The van der Waals surface area contributed by atoms with Crippen molar-refractivity contribution in [2.24, 2.45) is 11.7 Å². The number of hydrogen-bond acceptors (Lipinski definition) is 2. The van der Waals surface area contributed by atoms with Gasteiger partial charge >= 0.3 is 0 Å². The van der Waals surface area contributed by atoms with Gasteiger partial charge in [0.15, 0.2) is 0 Å². The summed E-state index contributed by atoms with van der Waals surface area (Å²) in [6.45, 7) is 7.75. The molecule has 0 aromatic rings. The van der Waals surface area contributed by atoms with E-state index in [1.54, 1.807) is 0 Å². The van der Waals surface area contributed by atoms with Gasteiger partial charge < -0.3 is 10.6 Å². The van der Waals surface area contributed by atoms with Crippen LogP contribution in [0.25, 0.3) is 0 Å². The van der Waals surface area contributed by atoms with E-state index in [4.69, 9.17) is 5.73 Å². The Hall–Kier alpha value is -0.0800. The molecule has 1 saturated carbocycles. The lowest BCUT2D eigenvalue weighted by molar-refractivity contribution is 0.160. The van der Waals surface area contributed by atoms with Crippen LogP contribution in [0.2, 0.25) is 0 Å². The SMILES string of the molecule is CC1CCC(N(C)CCC(C)(C)N)CC1. The Kier molecular flexibility index (Phi) is 4.60. The molecule has 15 heavy (non-hydrogen) atoms. The third-order valence-corrected chi connectivity index (χ3v) is 3.72. The van der Waals surface area contributed by atoms with Crippen molar-refractivity contribution in [1.82, 2.24) is 4.90 Å². The van der Waals surface area contributed by atoms with Gasteiger partial charge in [-0.2, -0.15) is 0 Å². The molecule has 0 saturated heterocycles. The maximum absolute atomic E-state index is 6.01. The molecule has 1 rings (SSSR count). The lowest BCUT2D eigenvalue weighted by Gasteiger charge is -2.35. The average molecular weight is 212 g/mol. The predicted molar refractivity (Wildman–Crippen MR) is 66.9 cm³/mol. The van der Waals surface area contributed by atoms with Gasteiger partial charge in [0.1, 0.15) is 0 Å². The maximum atomic E-state index is 6.01. The van der Waals surface area contributed by atoms with Gasteiger partial charge in [0.2, 0.25) is 0 Å². The molecule has 0 aromatic heterocycles. The molecular formula is C13H28N2. The first kappa shape index (κ1) is 13.0. The highest BCUT2D eigenvalue weighted by Crippen LogP contribution is 2.26. The summed E-state index contributed by atoms with van der Waals surface area (Å²) in [5.41, 5.74) is 5.99. The largest absolute Gasteiger partial charge is 0.326 e. The molecule has 0 atom stereocenters. The van der Waals surface area contributed by atoms with E-state index in [2.05, 4.69) is 32.7 Å². The van der Waals surface area contributed by atoms with Gasteiger partial charge in [-0.15, -0.1) is 0 Å². The molecule has 0 heterocycles. The zero-order chi connectivity index (χ0) is 11.5. The molecule has 2 N–H and O–H groups in total. The van der Waals surface area contributed by atoms with Crippen LogP contribution < -0.4 is 5.73 Å². The average Bonchev–Trinajstić information content (AvgIpc) is 2.14. The second-order valence-corrected chi connectivity index (χ2v) is 6.13. The third-order valence-electron chi connectivity index (χ3n) is 3.72. The topological polar surface area (TPSA) is 29.3 Å². The van der Waals surface area contributed by atoms with Gasteiger partial charge in [0, 0.05) is 11.6 Å². The van der Waals surface area contributed by atoms with Crippen LogP contribution >= 0.6 is 0 Å². The van der Waals surface area contributed by atoms with Crippen molar-refractivity contribution in [1.29, 1.82) is 0 Å². The van der Waals surface area contributed by atoms with Crippen molar-refractivity contribution in [2.75, 3.05) is 13.6 Å². The van der Waals surface area contributed by atoms with Crippen LogP contribution in [-0.2, 0) is 0 Å². The Morgan fingerprint density at radius 2 is 1.73 bits per heavy atom. The Bertz CT molecular complexity index is 175. The summed E-state index contributed by atoms with van der Waals surface area (Å²) >= 11 is 0. The molecule has 0 spiro atoms. The predicted octanol–water partition coefficient (Wildman–Crippen LogP) is 2.62. The fourth-order valence-electron chi connectivity index (χ4n) is 2.33. The summed E-state index contributed by atoms with van der Waals surface area (Å²) in [5.74, 6) is 0.945. The fourth-order valence-corrected chi connectivity index (χ4v) is 2.33. The first-order valence-electron chi connectivity index (χ1n) is 6.37. The first-order chi connectivity index (χ1) is 6.88. The molecule has 1 aliphatic rings. The van der Waals surface area contributed by atoms with E-state index in [1.165, 1.54) is 25.7 Å². The number of hydrogen-bond donors (Lipinski definition) is 1. The van der Waals surface area contributed by atoms with Crippen molar-refractivity contribution in [2.45, 2.75) is 64.5 Å². The minimum atomic E-state index is -0.0176. The van der Waals surface area contributed by atoms with Crippen LogP contribution in [0.5, 0.6) is 0 Å². The van der Waals surface area contributed by atoms with Crippen LogP contribution in [0.15, 0.2) is 0 Å². The highest BCUT2D eigenvalue weighted by atomic mass is 15.1. The lowest BCUT2D eigenvalue weighted by atomic mass is 9.86. The molecule has 0 radical (unpaired) electrons. The maximum Gasteiger partial charge on any atom is 0.0109 e. The Balaban J connectivity index is 2.25. The van der Waals surface area contributed by atoms with Crippen molar-refractivity contribution < 1.29 is 0 Å². The lowest BCUT2D eigenvalue weighted by Crippen LogP contribution is -2.40. The van der Waals surface area contributed by atoms with Crippen LogP contribution in [0.3, 0.4) is 0 Å². The second kappa shape index (κ2) is 5.31. The Morgan fingerprint density at radius 1 is 1.20 bits per heavy atom. The monoisotopic (exact) mass is 212 g/mol. The number of rotatable bonds is 4. The molecular weight excluding hydrogens is 184 g/mol. The van der Waals surface area contributed by atoms with Crippen molar-refractivity contribution in [3.63, 3.8) is 0 Å². The van der Waals surface area contributed by atoms with E-state index < -0.39 is 0 Å². The second-order valence-electron chi connectivity index (χ2n) is 6.13. The molecule has 1 fully saturated rings. The van der Waals surface area contributed by atoms with E-state index in [-0.39, 0.29) is 5.54 Å². The first-order valence-corrected chi connectivity index (χ1v) is 6.37. The molecule has 1 aliphatic carbocycles. The summed E-state index contributed by atoms with van der Waals surface area (Å²) in [5, 5.41) is 0. The third kappa shape index (κ3) is 4.98. The molecule has 0 amide bonds. The summed E-state index contributed by atoms with van der Waals surface area (Å²) in [7, 11) is 2.26. The van der Waals surface area contributed by atoms with Gasteiger partial charge in [-0.25, -0.2) is 0 Å². The van der Waals surface area contributed by atoms with E-state index in [0.29, 0.717) is 0 Å². The molecule has 2 nitrogen and oxygen atoms in total. The molecule has 0 bridgehead atoms.